The normalized spacial score (nSPS) is 10.9. The number of nitriles is 1. The van der Waals surface area contributed by atoms with Crippen LogP contribution in [0.4, 0.5) is 14.6 Å². The topological polar surface area (TPSA) is 106 Å². The number of benzene rings is 1. The summed E-state index contributed by atoms with van der Waals surface area (Å²) in [6, 6.07) is 8.60. The van der Waals surface area contributed by atoms with Crippen LogP contribution in [0, 0.1) is 11.3 Å². The first-order valence-corrected chi connectivity index (χ1v) is 9.75. The minimum atomic E-state index is -2.48. The molecule has 1 aromatic carbocycles. The van der Waals surface area contributed by atoms with Crippen molar-refractivity contribution in [3.63, 3.8) is 0 Å². The third kappa shape index (κ3) is 5.32. The van der Waals surface area contributed by atoms with Gasteiger partial charge in [0.05, 0.1) is 23.7 Å². The predicted octanol–water partition coefficient (Wildman–Crippen LogP) is 3.13. The van der Waals surface area contributed by atoms with Crippen LogP contribution in [0.3, 0.4) is 0 Å². The second-order valence-corrected chi connectivity index (χ2v) is 6.77. The van der Waals surface area contributed by atoms with Crippen molar-refractivity contribution in [2.24, 2.45) is 12.8 Å². The van der Waals surface area contributed by atoms with E-state index in [1.165, 1.54) is 9.58 Å². The van der Waals surface area contributed by atoms with Crippen LogP contribution in [0.1, 0.15) is 18.1 Å². The van der Waals surface area contributed by atoms with E-state index in [0.29, 0.717) is 53.9 Å². The minimum absolute atomic E-state index is 0.332. The average Bonchev–Trinajstić information content (AvgIpc) is 3.12. The molecule has 3 rings (SSSR count). The molecular weight excluding hydrogens is 404 g/mol. The highest BCUT2D eigenvalue weighted by molar-refractivity contribution is 5.66. The van der Waals surface area contributed by atoms with Crippen LogP contribution in [-0.2, 0) is 13.5 Å². The SMILES string of the molecule is CCN(CC(F)F)c1cc(Oc2cc(C#N)ccc2-c2ncc(CCN)cn2)n(C)n1. The summed E-state index contributed by atoms with van der Waals surface area (Å²) in [6.07, 6.45) is 1.58. The Bertz CT molecular complexity index is 1060. The van der Waals surface area contributed by atoms with Gasteiger partial charge in [-0.3, -0.25) is 0 Å². The molecule has 2 heterocycles. The molecule has 0 amide bonds. The van der Waals surface area contributed by atoms with Crippen molar-refractivity contribution in [1.82, 2.24) is 19.7 Å². The molecule has 2 N–H and O–H groups in total. The Hall–Kier alpha value is -3.58. The van der Waals surface area contributed by atoms with Crippen LogP contribution in [-0.4, -0.2) is 45.8 Å². The molecule has 162 valence electrons. The number of halogens is 2. The number of ether oxygens (including phenoxy) is 1. The van der Waals surface area contributed by atoms with Gasteiger partial charge < -0.3 is 15.4 Å². The quantitative estimate of drug-likeness (QED) is 0.559. The predicted molar refractivity (Wildman–Crippen MR) is 112 cm³/mol. The monoisotopic (exact) mass is 427 g/mol. The molecule has 0 radical (unpaired) electrons. The van der Waals surface area contributed by atoms with Gasteiger partial charge in [-0.15, -0.1) is 0 Å². The smallest absolute Gasteiger partial charge is 0.255 e. The Morgan fingerprint density at radius 3 is 2.61 bits per heavy atom. The first-order valence-electron chi connectivity index (χ1n) is 9.75. The van der Waals surface area contributed by atoms with E-state index in [0.717, 1.165) is 5.56 Å². The summed E-state index contributed by atoms with van der Waals surface area (Å²) in [5.41, 5.74) is 7.46. The summed E-state index contributed by atoms with van der Waals surface area (Å²) >= 11 is 0. The van der Waals surface area contributed by atoms with Gasteiger partial charge in [-0.25, -0.2) is 23.4 Å². The number of rotatable bonds is 9. The molecule has 0 unspecified atom stereocenters. The molecule has 10 heteroatoms. The largest absolute Gasteiger partial charge is 0.438 e. The van der Waals surface area contributed by atoms with Gasteiger partial charge in [0.1, 0.15) is 5.75 Å². The summed E-state index contributed by atoms with van der Waals surface area (Å²) < 4.78 is 33.2. The fraction of sp³-hybridized carbons (Fsp3) is 0.333. The van der Waals surface area contributed by atoms with Crippen LogP contribution >= 0.6 is 0 Å². The number of alkyl halides is 2. The minimum Gasteiger partial charge on any atom is -0.438 e. The van der Waals surface area contributed by atoms with Gasteiger partial charge in [-0.1, -0.05) is 0 Å². The van der Waals surface area contributed by atoms with Gasteiger partial charge in [-0.2, -0.15) is 10.4 Å². The Kier molecular flexibility index (Phi) is 7.10. The van der Waals surface area contributed by atoms with E-state index in [4.69, 9.17) is 10.5 Å². The Morgan fingerprint density at radius 1 is 1.26 bits per heavy atom. The zero-order chi connectivity index (χ0) is 22.4. The molecule has 0 atom stereocenters. The first-order chi connectivity index (χ1) is 14.9. The van der Waals surface area contributed by atoms with Crippen molar-refractivity contribution in [3.05, 3.63) is 47.8 Å². The van der Waals surface area contributed by atoms with E-state index >= 15 is 0 Å². The maximum atomic E-state index is 12.9. The summed E-state index contributed by atoms with van der Waals surface area (Å²) in [5.74, 6) is 1.49. The molecule has 0 aliphatic heterocycles. The molecule has 0 saturated carbocycles. The maximum Gasteiger partial charge on any atom is 0.255 e. The van der Waals surface area contributed by atoms with Crippen molar-refractivity contribution in [3.8, 4) is 29.1 Å². The Morgan fingerprint density at radius 2 is 2.00 bits per heavy atom. The zero-order valence-corrected chi connectivity index (χ0v) is 17.3. The van der Waals surface area contributed by atoms with Crippen molar-refractivity contribution in [2.45, 2.75) is 19.8 Å². The molecule has 0 saturated heterocycles. The van der Waals surface area contributed by atoms with Crippen LogP contribution in [0.5, 0.6) is 11.6 Å². The van der Waals surface area contributed by atoms with Crippen LogP contribution in [0.15, 0.2) is 36.7 Å². The third-order valence-corrected chi connectivity index (χ3v) is 4.59. The lowest BCUT2D eigenvalue weighted by Gasteiger charge is -2.18. The van der Waals surface area contributed by atoms with E-state index in [1.807, 2.05) is 0 Å². The van der Waals surface area contributed by atoms with Crippen molar-refractivity contribution in [1.29, 1.82) is 5.26 Å². The van der Waals surface area contributed by atoms with Crippen molar-refractivity contribution < 1.29 is 13.5 Å². The van der Waals surface area contributed by atoms with Crippen molar-refractivity contribution >= 4 is 5.82 Å². The molecule has 0 aliphatic carbocycles. The second-order valence-electron chi connectivity index (χ2n) is 6.77. The van der Waals surface area contributed by atoms with Gasteiger partial charge in [0.15, 0.2) is 11.6 Å². The lowest BCUT2D eigenvalue weighted by Crippen LogP contribution is -2.28. The van der Waals surface area contributed by atoms with Crippen molar-refractivity contribution in [2.75, 3.05) is 24.5 Å². The zero-order valence-electron chi connectivity index (χ0n) is 17.3. The lowest BCUT2D eigenvalue weighted by atomic mass is 10.1. The molecule has 3 aromatic rings. The van der Waals surface area contributed by atoms with Crippen LogP contribution < -0.4 is 15.4 Å². The van der Waals surface area contributed by atoms with Gasteiger partial charge in [-0.05, 0) is 43.7 Å². The van der Waals surface area contributed by atoms with E-state index in [-0.39, 0.29) is 0 Å². The number of nitrogens with two attached hydrogens (primary N) is 1. The van der Waals surface area contributed by atoms with E-state index in [2.05, 4.69) is 21.1 Å². The molecule has 0 bridgehead atoms. The van der Waals surface area contributed by atoms with Crippen LogP contribution in [0.2, 0.25) is 0 Å². The van der Waals surface area contributed by atoms with E-state index < -0.39 is 13.0 Å². The van der Waals surface area contributed by atoms with Gasteiger partial charge in [0.2, 0.25) is 5.88 Å². The number of hydrogen-bond donors (Lipinski definition) is 1. The highest BCUT2D eigenvalue weighted by Crippen LogP contribution is 2.33. The third-order valence-electron chi connectivity index (χ3n) is 4.59. The number of aromatic nitrogens is 4. The fourth-order valence-corrected chi connectivity index (χ4v) is 3.00. The molecule has 2 aromatic heterocycles. The summed E-state index contributed by atoms with van der Waals surface area (Å²) in [7, 11) is 1.65. The molecule has 0 fully saturated rings. The number of hydrogen-bond acceptors (Lipinski definition) is 7. The standard InChI is InChI=1S/C21H23F2N7O/c1-3-30(13-18(22)23)19-9-20(29(2)28-19)31-17-8-14(10-25)4-5-16(17)21-26-11-15(6-7-24)12-27-21/h4-5,8-9,11-12,18H,3,6-7,13,24H2,1-2H3. The maximum absolute atomic E-state index is 12.9. The lowest BCUT2D eigenvalue weighted by molar-refractivity contribution is 0.155. The van der Waals surface area contributed by atoms with E-state index in [9.17, 15) is 14.0 Å². The highest BCUT2D eigenvalue weighted by atomic mass is 19.3. The summed E-state index contributed by atoms with van der Waals surface area (Å²) in [6.45, 7) is 2.22. The average molecular weight is 427 g/mol. The Balaban J connectivity index is 1.95. The summed E-state index contributed by atoms with van der Waals surface area (Å²) in [4.78, 5) is 10.2. The summed E-state index contributed by atoms with van der Waals surface area (Å²) in [5, 5.41) is 13.6. The first kappa shape index (κ1) is 22.1. The molecule has 0 aliphatic rings. The van der Waals surface area contributed by atoms with Gasteiger partial charge in [0, 0.05) is 32.1 Å². The number of anilines is 1. The fourth-order valence-electron chi connectivity index (χ4n) is 3.00. The van der Waals surface area contributed by atoms with Crippen LogP contribution in [0.25, 0.3) is 11.4 Å². The second kappa shape index (κ2) is 9.95. The number of nitrogens with zero attached hydrogens (tertiary/aromatic N) is 6. The molecular formula is C21H23F2N7O. The number of aryl methyl sites for hydroxylation is 1. The van der Waals surface area contributed by atoms with E-state index in [1.54, 1.807) is 50.6 Å². The van der Waals surface area contributed by atoms with Gasteiger partial charge >= 0.3 is 0 Å². The molecule has 8 nitrogen and oxygen atoms in total. The Labute approximate surface area is 178 Å². The molecule has 0 spiro atoms. The molecule has 31 heavy (non-hydrogen) atoms. The highest BCUT2D eigenvalue weighted by Gasteiger charge is 2.18. The van der Waals surface area contributed by atoms with Gasteiger partial charge in [0.25, 0.3) is 6.43 Å².